The first-order chi connectivity index (χ1) is 11.6. The third-order valence-electron chi connectivity index (χ3n) is 4.59. The first-order valence-corrected chi connectivity index (χ1v) is 8.83. The van der Waals surface area contributed by atoms with Gasteiger partial charge in [0.1, 0.15) is 12.1 Å². The summed E-state index contributed by atoms with van der Waals surface area (Å²) in [5.74, 6) is 1.94. The number of nitrogens with zero attached hydrogens (tertiary/aromatic N) is 5. The summed E-state index contributed by atoms with van der Waals surface area (Å²) in [6.45, 7) is 6.92. The number of hydrogen-bond donors (Lipinski definition) is 1. The number of aromatic nitrogens is 4. The molecule has 0 atom stereocenters. The van der Waals surface area contributed by atoms with Crippen molar-refractivity contribution in [3.8, 4) is 0 Å². The van der Waals surface area contributed by atoms with E-state index in [0.29, 0.717) is 5.92 Å². The van der Waals surface area contributed by atoms with Crippen LogP contribution in [0, 0.1) is 11.8 Å². The molecule has 1 N–H and O–H groups in total. The summed E-state index contributed by atoms with van der Waals surface area (Å²) in [6, 6.07) is 3.89. The van der Waals surface area contributed by atoms with Gasteiger partial charge in [-0.25, -0.2) is 0 Å². The third kappa shape index (κ3) is 4.01. The highest BCUT2D eigenvalue weighted by Gasteiger charge is 2.25. The predicted octanol–water partition coefficient (Wildman–Crippen LogP) is 1.89. The van der Waals surface area contributed by atoms with Gasteiger partial charge in [0, 0.05) is 25.6 Å². The molecule has 1 fully saturated rings. The Bertz CT molecular complexity index is 675. The summed E-state index contributed by atoms with van der Waals surface area (Å²) in [6.07, 6.45) is 5.58. The largest absolute Gasteiger partial charge is 0.356 e. The minimum atomic E-state index is 0.124. The van der Waals surface area contributed by atoms with Crippen molar-refractivity contribution >= 4 is 17.4 Å². The van der Waals surface area contributed by atoms with Gasteiger partial charge >= 0.3 is 0 Å². The van der Waals surface area contributed by atoms with Gasteiger partial charge in [-0.05, 0) is 43.7 Å². The van der Waals surface area contributed by atoms with Crippen molar-refractivity contribution in [2.24, 2.45) is 11.8 Å². The molecule has 24 heavy (non-hydrogen) atoms. The Morgan fingerprint density at radius 3 is 2.88 bits per heavy atom. The summed E-state index contributed by atoms with van der Waals surface area (Å²) in [5.41, 5.74) is 0.745. The van der Waals surface area contributed by atoms with Crippen molar-refractivity contribution in [3.63, 3.8) is 0 Å². The summed E-state index contributed by atoms with van der Waals surface area (Å²) in [4.78, 5) is 14.5. The molecule has 1 amide bonds. The van der Waals surface area contributed by atoms with E-state index in [-0.39, 0.29) is 11.8 Å². The minimum Gasteiger partial charge on any atom is -0.356 e. The minimum absolute atomic E-state index is 0.124. The number of nitrogens with one attached hydrogen (secondary N) is 1. The van der Waals surface area contributed by atoms with Crippen molar-refractivity contribution in [1.82, 2.24) is 25.1 Å². The first kappa shape index (κ1) is 16.7. The van der Waals surface area contributed by atoms with Gasteiger partial charge in [-0.15, -0.1) is 15.3 Å². The van der Waals surface area contributed by atoms with E-state index in [1.165, 1.54) is 0 Å². The molecule has 1 aliphatic heterocycles. The standard InChI is InChI=1S/C17H26N6O/c1-13(2)4-3-9-18-17(24)14-7-10-22(11-8-14)16-6-5-15-20-19-12-23(15)21-16/h5-6,12-14H,3-4,7-11H2,1-2H3,(H,18,24). The van der Waals surface area contributed by atoms with E-state index >= 15 is 0 Å². The topological polar surface area (TPSA) is 75.4 Å². The van der Waals surface area contributed by atoms with E-state index in [1.807, 2.05) is 12.1 Å². The second kappa shape index (κ2) is 7.59. The zero-order valence-electron chi connectivity index (χ0n) is 14.5. The van der Waals surface area contributed by atoms with Gasteiger partial charge in [-0.1, -0.05) is 13.8 Å². The Morgan fingerprint density at radius 2 is 2.12 bits per heavy atom. The molecule has 0 radical (unpaired) electrons. The van der Waals surface area contributed by atoms with Crippen LogP contribution in [0.4, 0.5) is 5.82 Å². The van der Waals surface area contributed by atoms with Gasteiger partial charge in [-0.3, -0.25) is 4.79 Å². The van der Waals surface area contributed by atoms with Crippen molar-refractivity contribution in [1.29, 1.82) is 0 Å². The third-order valence-corrected chi connectivity index (χ3v) is 4.59. The monoisotopic (exact) mass is 330 g/mol. The molecule has 0 saturated carbocycles. The molecule has 0 aliphatic carbocycles. The van der Waals surface area contributed by atoms with Crippen LogP contribution >= 0.6 is 0 Å². The van der Waals surface area contributed by atoms with Crippen LogP contribution in [0.2, 0.25) is 0 Å². The SMILES string of the molecule is CC(C)CCCNC(=O)C1CCN(c2ccc3nncn3n2)CC1. The van der Waals surface area contributed by atoms with E-state index in [1.54, 1.807) is 10.8 Å². The lowest BCUT2D eigenvalue weighted by atomic mass is 9.96. The fourth-order valence-electron chi connectivity index (χ4n) is 3.12. The highest BCUT2D eigenvalue weighted by molar-refractivity contribution is 5.78. The van der Waals surface area contributed by atoms with Crippen molar-refractivity contribution in [3.05, 3.63) is 18.5 Å². The van der Waals surface area contributed by atoms with Crippen molar-refractivity contribution in [2.75, 3.05) is 24.5 Å². The van der Waals surface area contributed by atoms with Gasteiger partial charge in [-0.2, -0.15) is 4.52 Å². The number of hydrogen-bond acceptors (Lipinski definition) is 5. The number of amides is 1. The number of fused-ring (bicyclic) bond motifs is 1. The van der Waals surface area contributed by atoms with Crippen LogP contribution in [0.25, 0.3) is 5.65 Å². The number of rotatable bonds is 6. The lowest BCUT2D eigenvalue weighted by Gasteiger charge is -2.32. The highest BCUT2D eigenvalue weighted by Crippen LogP contribution is 2.22. The Morgan fingerprint density at radius 1 is 1.33 bits per heavy atom. The number of piperidine rings is 1. The van der Waals surface area contributed by atoms with Gasteiger partial charge in [0.15, 0.2) is 5.65 Å². The summed E-state index contributed by atoms with van der Waals surface area (Å²) in [5, 5.41) is 15.4. The van der Waals surface area contributed by atoms with E-state index in [9.17, 15) is 4.79 Å². The van der Waals surface area contributed by atoms with Crippen LogP contribution < -0.4 is 10.2 Å². The molecule has 3 heterocycles. The van der Waals surface area contributed by atoms with Crippen LogP contribution in [-0.4, -0.2) is 45.4 Å². The molecule has 7 nitrogen and oxygen atoms in total. The van der Waals surface area contributed by atoms with Gasteiger partial charge in [0.05, 0.1) is 0 Å². The Labute approximate surface area is 142 Å². The predicted molar refractivity (Wildman–Crippen MR) is 92.8 cm³/mol. The van der Waals surface area contributed by atoms with Gasteiger partial charge in [0.25, 0.3) is 0 Å². The van der Waals surface area contributed by atoms with Crippen molar-refractivity contribution in [2.45, 2.75) is 39.5 Å². The zero-order chi connectivity index (χ0) is 16.9. The fourth-order valence-corrected chi connectivity index (χ4v) is 3.12. The second-order valence-corrected chi connectivity index (χ2v) is 6.91. The number of carbonyl (C=O) groups excluding carboxylic acids is 1. The molecule has 1 saturated heterocycles. The molecule has 2 aromatic heterocycles. The fraction of sp³-hybridized carbons (Fsp3) is 0.647. The van der Waals surface area contributed by atoms with Crippen molar-refractivity contribution < 1.29 is 4.79 Å². The summed E-state index contributed by atoms with van der Waals surface area (Å²) < 4.78 is 1.68. The average molecular weight is 330 g/mol. The zero-order valence-corrected chi connectivity index (χ0v) is 14.5. The Hall–Kier alpha value is -2.18. The quantitative estimate of drug-likeness (QED) is 0.819. The number of anilines is 1. The molecule has 0 unspecified atom stereocenters. The molecule has 2 aromatic rings. The summed E-state index contributed by atoms with van der Waals surface area (Å²) >= 11 is 0. The van der Waals surface area contributed by atoms with Crippen LogP contribution in [0.5, 0.6) is 0 Å². The highest BCUT2D eigenvalue weighted by atomic mass is 16.1. The second-order valence-electron chi connectivity index (χ2n) is 6.91. The lowest BCUT2D eigenvalue weighted by molar-refractivity contribution is -0.125. The maximum atomic E-state index is 12.3. The van der Waals surface area contributed by atoms with Crippen LogP contribution in [-0.2, 0) is 4.79 Å². The Kier molecular flexibility index (Phi) is 5.27. The average Bonchev–Trinajstić information content (AvgIpc) is 3.06. The van der Waals surface area contributed by atoms with Crippen LogP contribution in [0.15, 0.2) is 18.5 Å². The molecule has 0 spiro atoms. The maximum Gasteiger partial charge on any atom is 0.223 e. The van der Waals surface area contributed by atoms with Gasteiger partial charge in [0.2, 0.25) is 5.91 Å². The number of carbonyl (C=O) groups is 1. The molecule has 7 heteroatoms. The molecule has 1 aliphatic rings. The van der Waals surface area contributed by atoms with E-state index in [4.69, 9.17) is 0 Å². The molecule has 130 valence electrons. The molecule has 0 bridgehead atoms. The normalized spacial score (nSPS) is 16.0. The smallest absolute Gasteiger partial charge is 0.223 e. The van der Waals surface area contributed by atoms with E-state index < -0.39 is 0 Å². The first-order valence-electron chi connectivity index (χ1n) is 8.83. The Balaban J connectivity index is 1.47. The van der Waals surface area contributed by atoms with E-state index in [0.717, 1.165) is 56.8 Å². The van der Waals surface area contributed by atoms with Crippen LogP contribution in [0.1, 0.15) is 39.5 Å². The molecule has 3 rings (SSSR count). The molecular formula is C17H26N6O. The maximum absolute atomic E-state index is 12.3. The molecular weight excluding hydrogens is 304 g/mol. The van der Waals surface area contributed by atoms with E-state index in [2.05, 4.69) is 39.4 Å². The molecule has 0 aromatic carbocycles. The van der Waals surface area contributed by atoms with Crippen LogP contribution in [0.3, 0.4) is 0 Å². The van der Waals surface area contributed by atoms with Gasteiger partial charge < -0.3 is 10.2 Å². The summed E-state index contributed by atoms with van der Waals surface area (Å²) in [7, 11) is 0. The lowest BCUT2D eigenvalue weighted by Crippen LogP contribution is -2.41.